The van der Waals surface area contributed by atoms with Crippen LogP contribution in [0.25, 0.3) is 0 Å². The van der Waals surface area contributed by atoms with Crippen LogP contribution >= 0.6 is 0 Å². The second kappa shape index (κ2) is 7.18. The number of carbonyl (C=O) groups is 2. The number of rotatable bonds is 6. The van der Waals surface area contributed by atoms with Crippen LogP contribution in [-0.2, 0) is 11.2 Å². The fraction of sp³-hybridized carbons (Fsp3) is 0.450. The highest BCUT2D eigenvalue weighted by molar-refractivity contribution is 5.93. The number of amides is 1. The van der Waals surface area contributed by atoms with Gasteiger partial charge >= 0.3 is 5.97 Å². The van der Waals surface area contributed by atoms with Crippen LogP contribution in [0.1, 0.15) is 58.5 Å². The first-order valence-electron chi connectivity index (χ1n) is 9.34. The summed E-state index contributed by atoms with van der Waals surface area (Å²) in [5, 5.41) is 16.6. The van der Waals surface area contributed by atoms with Crippen LogP contribution < -0.4 is 9.47 Å². The molecule has 4 rings (SSSR count). The van der Waals surface area contributed by atoms with E-state index in [0.29, 0.717) is 36.1 Å². The third kappa shape index (κ3) is 3.30. The molecule has 148 valence electrons. The molecule has 2 aliphatic rings. The van der Waals surface area contributed by atoms with Gasteiger partial charge in [0.1, 0.15) is 5.69 Å². The smallest absolute Gasteiger partial charge is 0.305 e. The van der Waals surface area contributed by atoms with E-state index in [1.807, 2.05) is 6.07 Å². The lowest BCUT2D eigenvalue weighted by molar-refractivity contribution is -0.138. The van der Waals surface area contributed by atoms with E-state index in [2.05, 4.69) is 10.2 Å². The summed E-state index contributed by atoms with van der Waals surface area (Å²) in [5.74, 6) is 0.349. The number of benzene rings is 1. The van der Waals surface area contributed by atoms with Gasteiger partial charge in [-0.3, -0.25) is 14.7 Å². The highest BCUT2D eigenvalue weighted by Gasteiger charge is 2.35. The van der Waals surface area contributed by atoms with E-state index in [1.165, 1.54) is 7.11 Å². The topological polar surface area (TPSA) is 105 Å². The monoisotopic (exact) mass is 385 g/mol. The molecule has 8 heteroatoms. The molecule has 1 saturated carbocycles. The molecule has 2 aromatic rings. The quantitative estimate of drug-likeness (QED) is 0.792. The predicted octanol–water partition coefficient (Wildman–Crippen LogP) is 2.52. The lowest BCUT2D eigenvalue weighted by atomic mass is 9.89. The molecule has 2 heterocycles. The Morgan fingerprint density at radius 2 is 1.93 bits per heavy atom. The number of fused-ring (bicyclic) bond motifs is 1. The standard InChI is InChI=1S/C20H23N3O5/c1-27-17-7-12-5-6-23(16(10-19(24)25)13(12)8-18(17)28-2)20(26)15-9-14(21-22-15)11-3-4-11/h7-9,11,16H,3-6,10H2,1-2H3,(H,21,22)(H,24,25). The number of carboxylic acids is 1. The second-order valence-corrected chi connectivity index (χ2v) is 7.25. The van der Waals surface area contributed by atoms with E-state index in [9.17, 15) is 14.7 Å². The number of aromatic nitrogens is 2. The molecule has 8 nitrogen and oxygen atoms in total. The SMILES string of the molecule is COc1cc2c(cc1OC)C(CC(=O)O)N(C(=O)c1cc(C3CC3)[nH]n1)CC2. The molecule has 1 aliphatic carbocycles. The van der Waals surface area contributed by atoms with Crippen molar-refractivity contribution in [2.45, 2.75) is 37.6 Å². The Morgan fingerprint density at radius 3 is 2.57 bits per heavy atom. The Balaban J connectivity index is 1.69. The molecule has 1 aliphatic heterocycles. The summed E-state index contributed by atoms with van der Waals surface area (Å²) >= 11 is 0. The van der Waals surface area contributed by atoms with E-state index < -0.39 is 12.0 Å². The molecule has 1 aromatic heterocycles. The zero-order valence-corrected chi connectivity index (χ0v) is 15.9. The normalized spacial score (nSPS) is 18.5. The second-order valence-electron chi connectivity index (χ2n) is 7.25. The van der Waals surface area contributed by atoms with E-state index >= 15 is 0 Å². The lowest BCUT2D eigenvalue weighted by Crippen LogP contribution is -2.41. The molecule has 0 spiro atoms. The van der Waals surface area contributed by atoms with Crippen LogP contribution in [-0.4, -0.2) is 52.8 Å². The van der Waals surface area contributed by atoms with E-state index in [-0.39, 0.29) is 12.3 Å². The summed E-state index contributed by atoms with van der Waals surface area (Å²) in [5.41, 5.74) is 3.05. The van der Waals surface area contributed by atoms with Crippen LogP contribution in [0.4, 0.5) is 0 Å². The summed E-state index contributed by atoms with van der Waals surface area (Å²) < 4.78 is 10.7. The molecule has 2 N–H and O–H groups in total. The van der Waals surface area contributed by atoms with Crippen molar-refractivity contribution in [3.05, 3.63) is 40.7 Å². The highest BCUT2D eigenvalue weighted by Crippen LogP contribution is 2.41. The molecule has 0 bridgehead atoms. The molecular weight excluding hydrogens is 362 g/mol. The number of nitrogens with one attached hydrogen (secondary N) is 1. The average molecular weight is 385 g/mol. The van der Waals surface area contributed by atoms with Gasteiger partial charge in [-0.25, -0.2) is 0 Å². The van der Waals surface area contributed by atoms with Crippen molar-refractivity contribution in [1.29, 1.82) is 0 Å². The zero-order valence-electron chi connectivity index (χ0n) is 15.9. The number of ether oxygens (including phenoxy) is 2. The van der Waals surface area contributed by atoms with Crippen molar-refractivity contribution in [2.75, 3.05) is 20.8 Å². The molecule has 1 aromatic carbocycles. The number of carbonyl (C=O) groups excluding carboxylic acids is 1. The highest BCUT2D eigenvalue weighted by atomic mass is 16.5. The van der Waals surface area contributed by atoms with Gasteiger partial charge in [0.05, 0.1) is 26.7 Å². The first kappa shape index (κ1) is 18.3. The van der Waals surface area contributed by atoms with Crippen LogP contribution in [0.2, 0.25) is 0 Å². The number of H-pyrrole nitrogens is 1. The van der Waals surface area contributed by atoms with E-state index in [4.69, 9.17) is 9.47 Å². The zero-order chi connectivity index (χ0) is 19.8. The van der Waals surface area contributed by atoms with Crippen LogP contribution in [0.5, 0.6) is 11.5 Å². The predicted molar refractivity (Wildman–Crippen MR) is 99.8 cm³/mol. The van der Waals surface area contributed by atoms with Gasteiger partial charge in [-0.1, -0.05) is 0 Å². The van der Waals surface area contributed by atoms with Gasteiger partial charge in [0.25, 0.3) is 5.91 Å². The van der Waals surface area contributed by atoms with Gasteiger partial charge in [-0.05, 0) is 48.6 Å². The first-order valence-corrected chi connectivity index (χ1v) is 9.34. The number of hydrogen-bond donors (Lipinski definition) is 2. The van der Waals surface area contributed by atoms with Crippen molar-refractivity contribution >= 4 is 11.9 Å². The molecule has 1 unspecified atom stereocenters. The molecule has 1 fully saturated rings. The number of aromatic amines is 1. The summed E-state index contributed by atoms with van der Waals surface area (Å²) in [4.78, 5) is 26.3. The summed E-state index contributed by atoms with van der Waals surface area (Å²) in [6, 6.07) is 4.85. The van der Waals surface area contributed by atoms with Gasteiger partial charge in [-0.15, -0.1) is 0 Å². The average Bonchev–Trinajstić information content (AvgIpc) is 3.43. The van der Waals surface area contributed by atoms with Gasteiger partial charge < -0.3 is 19.5 Å². The molecule has 1 amide bonds. The number of methoxy groups -OCH3 is 2. The first-order chi connectivity index (χ1) is 13.5. The Bertz CT molecular complexity index is 919. The van der Waals surface area contributed by atoms with Crippen LogP contribution in [0.15, 0.2) is 18.2 Å². The Kier molecular flexibility index (Phi) is 4.70. The maximum Gasteiger partial charge on any atom is 0.305 e. The van der Waals surface area contributed by atoms with Crippen molar-refractivity contribution in [1.82, 2.24) is 15.1 Å². The fourth-order valence-corrected chi connectivity index (χ4v) is 3.85. The number of carboxylic acid groups (broad SMARTS) is 1. The fourth-order valence-electron chi connectivity index (χ4n) is 3.85. The van der Waals surface area contributed by atoms with Crippen LogP contribution in [0, 0.1) is 0 Å². The number of hydrogen-bond acceptors (Lipinski definition) is 5. The minimum Gasteiger partial charge on any atom is -0.493 e. The summed E-state index contributed by atoms with van der Waals surface area (Å²) in [6.45, 7) is 0.422. The largest absolute Gasteiger partial charge is 0.493 e. The molecule has 0 saturated heterocycles. The van der Waals surface area contributed by atoms with Crippen molar-refractivity contribution in [3.8, 4) is 11.5 Å². The Morgan fingerprint density at radius 1 is 1.21 bits per heavy atom. The maximum atomic E-state index is 13.1. The van der Waals surface area contributed by atoms with Crippen LogP contribution in [0.3, 0.4) is 0 Å². The van der Waals surface area contributed by atoms with Crippen molar-refractivity contribution in [3.63, 3.8) is 0 Å². The Hall–Kier alpha value is -3.03. The number of aliphatic carboxylic acids is 1. The van der Waals surface area contributed by atoms with Crippen molar-refractivity contribution < 1.29 is 24.2 Å². The molecule has 1 atom stereocenters. The van der Waals surface area contributed by atoms with Gasteiger partial charge in [-0.2, -0.15) is 5.10 Å². The molecular formula is C20H23N3O5. The minimum absolute atomic E-state index is 0.186. The molecule has 0 radical (unpaired) electrons. The Labute approximate surface area is 162 Å². The molecule has 28 heavy (non-hydrogen) atoms. The number of nitrogens with zero attached hydrogens (tertiary/aromatic N) is 2. The van der Waals surface area contributed by atoms with Gasteiger partial charge in [0, 0.05) is 18.2 Å². The minimum atomic E-state index is -0.967. The third-order valence-corrected chi connectivity index (χ3v) is 5.47. The van der Waals surface area contributed by atoms with E-state index in [0.717, 1.165) is 29.7 Å². The van der Waals surface area contributed by atoms with Crippen molar-refractivity contribution in [2.24, 2.45) is 0 Å². The maximum absolute atomic E-state index is 13.1. The third-order valence-electron chi connectivity index (χ3n) is 5.47. The van der Waals surface area contributed by atoms with Gasteiger partial charge in [0.15, 0.2) is 11.5 Å². The lowest BCUT2D eigenvalue weighted by Gasteiger charge is -2.36. The summed E-state index contributed by atoms with van der Waals surface area (Å²) in [6.07, 6.45) is 2.64. The van der Waals surface area contributed by atoms with Gasteiger partial charge in [0.2, 0.25) is 0 Å². The van der Waals surface area contributed by atoms with E-state index in [1.54, 1.807) is 24.1 Å². The summed E-state index contributed by atoms with van der Waals surface area (Å²) in [7, 11) is 3.10.